The van der Waals surface area contributed by atoms with Crippen molar-refractivity contribution in [2.24, 2.45) is 0 Å². The number of aromatic nitrogens is 1. The van der Waals surface area contributed by atoms with E-state index in [9.17, 15) is 8.78 Å². The lowest BCUT2D eigenvalue weighted by Gasteiger charge is -2.16. The Labute approximate surface area is 111 Å². The molecule has 2 aromatic rings. The molecule has 0 bridgehead atoms. The molecule has 1 N–H and O–H groups in total. The lowest BCUT2D eigenvalue weighted by Crippen LogP contribution is -2.30. The van der Waals surface area contributed by atoms with Gasteiger partial charge in [0.2, 0.25) is 0 Å². The van der Waals surface area contributed by atoms with E-state index in [1.54, 1.807) is 18.5 Å². The summed E-state index contributed by atoms with van der Waals surface area (Å²) >= 11 is 0. The summed E-state index contributed by atoms with van der Waals surface area (Å²) in [5, 5.41) is 3.20. The van der Waals surface area contributed by atoms with Crippen molar-refractivity contribution in [1.82, 2.24) is 10.3 Å². The second kappa shape index (κ2) is 6.38. The Morgan fingerprint density at radius 3 is 2.32 bits per heavy atom. The van der Waals surface area contributed by atoms with Gasteiger partial charge in [-0.25, -0.2) is 8.78 Å². The molecular weight excluding hydrogens is 246 g/mol. The molecule has 0 amide bonds. The largest absolute Gasteiger partial charge is 0.316 e. The number of likely N-dealkylation sites (N-methyl/N-ethyl adjacent to an activating group) is 1. The van der Waals surface area contributed by atoms with Gasteiger partial charge in [-0.05, 0) is 55.3 Å². The van der Waals surface area contributed by atoms with Gasteiger partial charge < -0.3 is 5.32 Å². The first-order chi connectivity index (χ1) is 9.19. The molecule has 0 saturated heterocycles. The fourth-order valence-electron chi connectivity index (χ4n) is 2.03. The number of nitrogens with zero attached hydrogens (tertiary/aromatic N) is 1. The highest BCUT2D eigenvalue weighted by Gasteiger charge is 2.10. The zero-order valence-electron chi connectivity index (χ0n) is 10.7. The lowest BCUT2D eigenvalue weighted by molar-refractivity contribution is 0.503. The summed E-state index contributed by atoms with van der Waals surface area (Å²) in [4.78, 5) is 3.97. The number of pyridine rings is 1. The molecule has 1 heterocycles. The average molecular weight is 262 g/mol. The molecule has 1 atom stereocenters. The standard InChI is InChI=1S/C15H16F2N2/c1-18-13(8-11-4-6-19-7-5-11)9-12-2-3-14(16)15(17)10-12/h2-7,10,13,18H,8-9H2,1H3. The summed E-state index contributed by atoms with van der Waals surface area (Å²) in [6.07, 6.45) is 4.97. The summed E-state index contributed by atoms with van der Waals surface area (Å²) in [6, 6.07) is 8.13. The highest BCUT2D eigenvalue weighted by molar-refractivity contribution is 5.20. The van der Waals surface area contributed by atoms with E-state index >= 15 is 0 Å². The van der Waals surface area contributed by atoms with Crippen molar-refractivity contribution in [3.05, 3.63) is 65.5 Å². The van der Waals surface area contributed by atoms with Crippen LogP contribution in [-0.4, -0.2) is 18.1 Å². The Kier molecular flexibility index (Phi) is 4.58. The highest BCUT2D eigenvalue weighted by atomic mass is 19.2. The van der Waals surface area contributed by atoms with E-state index in [0.29, 0.717) is 6.42 Å². The van der Waals surface area contributed by atoms with Crippen molar-refractivity contribution in [2.75, 3.05) is 7.05 Å². The van der Waals surface area contributed by atoms with Crippen LogP contribution in [0.1, 0.15) is 11.1 Å². The van der Waals surface area contributed by atoms with Crippen LogP contribution >= 0.6 is 0 Å². The molecule has 19 heavy (non-hydrogen) atoms. The topological polar surface area (TPSA) is 24.9 Å². The summed E-state index contributed by atoms with van der Waals surface area (Å²) in [7, 11) is 1.87. The highest BCUT2D eigenvalue weighted by Crippen LogP contribution is 2.12. The van der Waals surface area contributed by atoms with Gasteiger partial charge >= 0.3 is 0 Å². The van der Waals surface area contributed by atoms with Gasteiger partial charge in [-0.1, -0.05) is 6.07 Å². The van der Waals surface area contributed by atoms with Crippen molar-refractivity contribution in [3.63, 3.8) is 0 Å². The van der Waals surface area contributed by atoms with Gasteiger partial charge in [-0.3, -0.25) is 4.98 Å². The maximum absolute atomic E-state index is 13.2. The molecule has 0 fully saturated rings. The molecular formula is C15H16F2N2. The first-order valence-corrected chi connectivity index (χ1v) is 6.19. The van der Waals surface area contributed by atoms with Crippen molar-refractivity contribution in [3.8, 4) is 0 Å². The van der Waals surface area contributed by atoms with Crippen LogP contribution in [0.2, 0.25) is 0 Å². The molecule has 0 spiro atoms. The smallest absolute Gasteiger partial charge is 0.159 e. The van der Waals surface area contributed by atoms with Gasteiger partial charge in [-0.15, -0.1) is 0 Å². The van der Waals surface area contributed by atoms with Crippen LogP contribution in [0.3, 0.4) is 0 Å². The van der Waals surface area contributed by atoms with Gasteiger partial charge in [0.25, 0.3) is 0 Å². The molecule has 0 radical (unpaired) electrons. The zero-order chi connectivity index (χ0) is 13.7. The number of halogens is 2. The van der Waals surface area contributed by atoms with Gasteiger partial charge in [-0.2, -0.15) is 0 Å². The number of benzene rings is 1. The first kappa shape index (κ1) is 13.6. The predicted octanol–water partition coefficient (Wildman–Crippen LogP) is 2.73. The van der Waals surface area contributed by atoms with Crippen LogP contribution in [0.25, 0.3) is 0 Å². The average Bonchev–Trinajstić information content (AvgIpc) is 2.43. The van der Waals surface area contributed by atoms with E-state index in [1.165, 1.54) is 12.1 Å². The number of hydrogen-bond acceptors (Lipinski definition) is 2. The van der Waals surface area contributed by atoms with Crippen molar-refractivity contribution < 1.29 is 8.78 Å². The van der Waals surface area contributed by atoms with E-state index in [2.05, 4.69) is 10.3 Å². The van der Waals surface area contributed by atoms with E-state index in [-0.39, 0.29) is 6.04 Å². The quantitative estimate of drug-likeness (QED) is 0.896. The Bertz CT molecular complexity index is 529. The summed E-state index contributed by atoms with van der Waals surface area (Å²) < 4.78 is 26.0. The second-order valence-corrected chi connectivity index (χ2v) is 4.50. The molecule has 2 nitrogen and oxygen atoms in total. The van der Waals surface area contributed by atoms with Crippen LogP contribution in [0.4, 0.5) is 8.78 Å². The number of rotatable bonds is 5. The minimum absolute atomic E-state index is 0.173. The van der Waals surface area contributed by atoms with Gasteiger partial charge in [0, 0.05) is 18.4 Å². The van der Waals surface area contributed by atoms with E-state index in [4.69, 9.17) is 0 Å². The van der Waals surface area contributed by atoms with Crippen LogP contribution in [0.5, 0.6) is 0 Å². The third-order valence-corrected chi connectivity index (χ3v) is 3.11. The third-order valence-electron chi connectivity index (χ3n) is 3.11. The number of hydrogen-bond donors (Lipinski definition) is 1. The molecule has 0 saturated carbocycles. The summed E-state index contributed by atoms with van der Waals surface area (Å²) in [6.45, 7) is 0. The Hall–Kier alpha value is -1.81. The second-order valence-electron chi connectivity index (χ2n) is 4.50. The molecule has 2 rings (SSSR count). The molecule has 4 heteroatoms. The SMILES string of the molecule is CNC(Cc1ccncc1)Cc1ccc(F)c(F)c1. The van der Waals surface area contributed by atoms with Crippen LogP contribution in [0, 0.1) is 11.6 Å². The van der Waals surface area contributed by atoms with Gasteiger partial charge in [0.05, 0.1) is 0 Å². The third kappa shape index (κ3) is 3.83. The normalized spacial score (nSPS) is 12.4. The Balaban J connectivity index is 2.04. The zero-order valence-corrected chi connectivity index (χ0v) is 10.7. The molecule has 0 aliphatic rings. The van der Waals surface area contributed by atoms with Crippen molar-refractivity contribution >= 4 is 0 Å². The molecule has 0 aliphatic carbocycles. The number of nitrogens with one attached hydrogen (secondary N) is 1. The maximum Gasteiger partial charge on any atom is 0.159 e. The molecule has 100 valence electrons. The van der Waals surface area contributed by atoms with E-state index in [1.807, 2.05) is 19.2 Å². The Morgan fingerprint density at radius 2 is 1.68 bits per heavy atom. The van der Waals surface area contributed by atoms with Crippen molar-refractivity contribution in [2.45, 2.75) is 18.9 Å². The van der Waals surface area contributed by atoms with E-state index in [0.717, 1.165) is 17.5 Å². The summed E-state index contributed by atoms with van der Waals surface area (Å²) in [5.74, 6) is -1.60. The van der Waals surface area contributed by atoms with Gasteiger partial charge in [0.15, 0.2) is 11.6 Å². The Morgan fingerprint density at radius 1 is 1.00 bits per heavy atom. The monoisotopic (exact) mass is 262 g/mol. The minimum atomic E-state index is -0.807. The van der Waals surface area contributed by atoms with Crippen LogP contribution < -0.4 is 5.32 Å². The molecule has 0 aliphatic heterocycles. The molecule has 1 unspecified atom stereocenters. The maximum atomic E-state index is 13.2. The van der Waals surface area contributed by atoms with E-state index < -0.39 is 11.6 Å². The summed E-state index contributed by atoms with van der Waals surface area (Å²) in [5.41, 5.74) is 1.95. The molecule has 1 aromatic heterocycles. The minimum Gasteiger partial charge on any atom is -0.316 e. The van der Waals surface area contributed by atoms with Gasteiger partial charge in [0.1, 0.15) is 0 Å². The fraction of sp³-hybridized carbons (Fsp3) is 0.267. The van der Waals surface area contributed by atoms with Crippen molar-refractivity contribution in [1.29, 1.82) is 0 Å². The molecule has 1 aromatic carbocycles. The fourth-order valence-corrected chi connectivity index (χ4v) is 2.03. The first-order valence-electron chi connectivity index (χ1n) is 6.19. The van der Waals surface area contributed by atoms with Crippen LogP contribution in [-0.2, 0) is 12.8 Å². The lowest BCUT2D eigenvalue weighted by atomic mass is 9.99. The predicted molar refractivity (Wildman–Crippen MR) is 70.9 cm³/mol. The van der Waals surface area contributed by atoms with Crippen LogP contribution in [0.15, 0.2) is 42.7 Å².